The first-order chi connectivity index (χ1) is 9.61. The van der Waals surface area contributed by atoms with Gasteiger partial charge in [0.1, 0.15) is 5.69 Å². The number of nitrogens with zero attached hydrogens (tertiary/aromatic N) is 2. The smallest absolute Gasteiger partial charge is 0.272 e. The van der Waals surface area contributed by atoms with Crippen molar-refractivity contribution in [3.63, 3.8) is 0 Å². The molecule has 4 nitrogen and oxygen atoms in total. The van der Waals surface area contributed by atoms with E-state index in [9.17, 15) is 4.79 Å². The van der Waals surface area contributed by atoms with E-state index in [1.165, 1.54) is 12.8 Å². The number of rotatable bonds is 4. The number of anilines is 1. The van der Waals surface area contributed by atoms with E-state index in [0.29, 0.717) is 11.7 Å². The topological polar surface area (TPSA) is 45.2 Å². The molecule has 0 radical (unpaired) electrons. The summed E-state index contributed by atoms with van der Waals surface area (Å²) in [5, 5.41) is 3.18. The predicted octanol–water partition coefficient (Wildman–Crippen LogP) is 3.16. The minimum Gasteiger partial charge on any atom is -0.384 e. The molecule has 0 aromatic carbocycles. The molecule has 1 aliphatic carbocycles. The maximum Gasteiger partial charge on any atom is 0.272 e. The molecule has 1 aromatic heterocycles. The standard InChI is InChI=1S/C16H25N3O/c1-4-17-13-7-10-15(18-11-13)16(20)19(3)14-8-5-12(2)6-9-14/h7,10-12,14,17H,4-6,8-9H2,1-3H3. The maximum absolute atomic E-state index is 12.4. The predicted molar refractivity (Wildman–Crippen MR) is 81.9 cm³/mol. The molecule has 1 aliphatic rings. The number of aromatic nitrogens is 1. The third-order valence-corrected chi connectivity index (χ3v) is 4.22. The molecule has 1 heterocycles. The van der Waals surface area contributed by atoms with Crippen LogP contribution in [0.4, 0.5) is 5.69 Å². The summed E-state index contributed by atoms with van der Waals surface area (Å²) in [6.07, 6.45) is 6.38. The van der Waals surface area contributed by atoms with Crippen LogP contribution in [0, 0.1) is 5.92 Å². The largest absolute Gasteiger partial charge is 0.384 e. The third kappa shape index (κ3) is 3.50. The van der Waals surface area contributed by atoms with E-state index in [1.54, 1.807) is 6.20 Å². The van der Waals surface area contributed by atoms with E-state index >= 15 is 0 Å². The van der Waals surface area contributed by atoms with Crippen LogP contribution in [-0.2, 0) is 0 Å². The van der Waals surface area contributed by atoms with Crippen LogP contribution in [0.1, 0.15) is 50.0 Å². The van der Waals surface area contributed by atoms with E-state index in [0.717, 1.165) is 31.0 Å². The molecule has 1 amide bonds. The second kappa shape index (κ2) is 6.73. The van der Waals surface area contributed by atoms with Gasteiger partial charge in [-0.25, -0.2) is 4.98 Å². The van der Waals surface area contributed by atoms with Crippen LogP contribution in [0.25, 0.3) is 0 Å². The van der Waals surface area contributed by atoms with E-state index in [1.807, 2.05) is 31.0 Å². The minimum atomic E-state index is 0.0348. The molecule has 0 bridgehead atoms. The fourth-order valence-electron chi connectivity index (χ4n) is 2.81. The number of hydrogen-bond acceptors (Lipinski definition) is 3. The highest BCUT2D eigenvalue weighted by Crippen LogP contribution is 2.27. The van der Waals surface area contributed by atoms with Gasteiger partial charge in [0, 0.05) is 19.6 Å². The monoisotopic (exact) mass is 275 g/mol. The van der Waals surface area contributed by atoms with Crippen LogP contribution >= 0.6 is 0 Å². The highest BCUT2D eigenvalue weighted by Gasteiger charge is 2.25. The molecule has 0 spiro atoms. The molecule has 4 heteroatoms. The van der Waals surface area contributed by atoms with Gasteiger partial charge in [0.05, 0.1) is 11.9 Å². The maximum atomic E-state index is 12.4. The first-order valence-corrected chi connectivity index (χ1v) is 7.59. The Balaban J connectivity index is 1.99. The Labute approximate surface area is 121 Å². The lowest BCUT2D eigenvalue weighted by Crippen LogP contribution is -2.39. The van der Waals surface area contributed by atoms with Gasteiger partial charge in [-0.05, 0) is 50.7 Å². The first kappa shape index (κ1) is 14.8. The highest BCUT2D eigenvalue weighted by atomic mass is 16.2. The number of carbonyl (C=O) groups is 1. The van der Waals surface area contributed by atoms with Gasteiger partial charge in [0.15, 0.2) is 0 Å². The van der Waals surface area contributed by atoms with Crippen LogP contribution in [0.3, 0.4) is 0 Å². The van der Waals surface area contributed by atoms with E-state index in [4.69, 9.17) is 0 Å². The molecule has 0 saturated heterocycles. The first-order valence-electron chi connectivity index (χ1n) is 7.59. The summed E-state index contributed by atoms with van der Waals surface area (Å²) in [4.78, 5) is 18.6. The van der Waals surface area contributed by atoms with Crippen molar-refractivity contribution in [3.8, 4) is 0 Å². The lowest BCUT2D eigenvalue weighted by molar-refractivity contribution is 0.0673. The number of nitrogens with one attached hydrogen (secondary N) is 1. The zero-order chi connectivity index (χ0) is 14.5. The number of carbonyl (C=O) groups excluding carboxylic acids is 1. The van der Waals surface area contributed by atoms with Gasteiger partial charge in [-0.1, -0.05) is 6.92 Å². The number of amides is 1. The van der Waals surface area contributed by atoms with Gasteiger partial charge < -0.3 is 10.2 Å². The van der Waals surface area contributed by atoms with Gasteiger partial charge in [0.2, 0.25) is 0 Å². The number of pyridine rings is 1. The molecule has 0 atom stereocenters. The fourth-order valence-corrected chi connectivity index (χ4v) is 2.81. The van der Waals surface area contributed by atoms with E-state index < -0.39 is 0 Å². The highest BCUT2D eigenvalue weighted by molar-refractivity contribution is 5.92. The van der Waals surface area contributed by atoms with Crippen molar-refractivity contribution in [2.24, 2.45) is 5.92 Å². The van der Waals surface area contributed by atoms with Crippen molar-refractivity contribution in [1.29, 1.82) is 0 Å². The van der Waals surface area contributed by atoms with Crippen LogP contribution < -0.4 is 5.32 Å². The van der Waals surface area contributed by atoms with Gasteiger partial charge in [-0.15, -0.1) is 0 Å². The molecule has 2 rings (SSSR count). The second-order valence-corrected chi connectivity index (χ2v) is 5.79. The average Bonchev–Trinajstić information content (AvgIpc) is 2.48. The lowest BCUT2D eigenvalue weighted by atomic mass is 9.86. The Hall–Kier alpha value is -1.58. The van der Waals surface area contributed by atoms with Crippen LogP contribution in [0.15, 0.2) is 18.3 Å². The van der Waals surface area contributed by atoms with Crippen LogP contribution in [0.5, 0.6) is 0 Å². The Morgan fingerprint density at radius 3 is 2.60 bits per heavy atom. The molecule has 20 heavy (non-hydrogen) atoms. The molecule has 0 unspecified atom stereocenters. The molecule has 1 fully saturated rings. The molecular weight excluding hydrogens is 250 g/mol. The van der Waals surface area contributed by atoms with Gasteiger partial charge in [0.25, 0.3) is 5.91 Å². The molecule has 1 aromatic rings. The minimum absolute atomic E-state index is 0.0348. The molecule has 0 aliphatic heterocycles. The molecular formula is C16H25N3O. The third-order valence-electron chi connectivity index (χ3n) is 4.22. The second-order valence-electron chi connectivity index (χ2n) is 5.79. The van der Waals surface area contributed by atoms with Crippen molar-refractivity contribution < 1.29 is 4.79 Å². The zero-order valence-corrected chi connectivity index (χ0v) is 12.7. The van der Waals surface area contributed by atoms with Gasteiger partial charge in [-0.3, -0.25) is 4.79 Å². The van der Waals surface area contributed by atoms with Crippen molar-refractivity contribution in [1.82, 2.24) is 9.88 Å². The van der Waals surface area contributed by atoms with Gasteiger partial charge in [-0.2, -0.15) is 0 Å². The van der Waals surface area contributed by atoms with Gasteiger partial charge >= 0.3 is 0 Å². The Morgan fingerprint density at radius 2 is 2.05 bits per heavy atom. The zero-order valence-electron chi connectivity index (χ0n) is 12.7. The molecule has 1 saturated carbocycles. The quantitative estimate of drug-likeness (QED) is 0.918. The summed E-state index contributed by atoms with van der Waals surface area (Å²) in [7, 11) is 1.91. The molecule has 110 valence electrons. The normalized spacial score (nSPS) is 22.4. The lowest BCUT2D eigenvalue weighted by Gasteiger charge is -2.33. The Kier molecular flexibility index (Phi) is 4.99. The average molecular weight is 275 g/mol. The van der Waals surface area contributed by atoms with Crippen molar-refractivity contribution in [2.45, 2.75) is 45.6 Å². The summed E-state index contributed by atoms with van der Waals surface area (Å²) in [6, 6.07) is 4.09. The summed E-state index contributed by atoms with van der Waals surface area (Å²) in [5.41, 5.74) is 1.49. The SMILES string of the molecule is CCNc1ccc(C(=O)N(C)C2CCC(C)CC2)nc1. The fraction of sp³-hybridized carbons (Fsp3) is 0.625. The van der Waals surface area contributed by atoms with Crippen LogP contribution in [0.2, 0.25) is 0 Å². The summed E-state index contributed by atoms with van der Waals surface area (Å²) in [6.45, 7) is 5.19. The number of hydrogen-bond donors (Lipinski definition) is 1. The van der Waals surface area contributed by atoms with E-state index in [-0.39, 0.29) is 5.91 Å². The summed E-state index contributed by atoms with van der Waals surface area (Å²) >= 11 is 0. The summed E-state index contributed by atoms with van der Waals surface area (Å²) in [5.74, 6) is 0.833. The Morgan fingerprint density at radius 1 is 1.35 bits per heavy atom. The summed E-state index contributed by atoms with van der Waals surface area (Å²) < 4.78 is 0. The van der Waals surface area contributed by atoms with Crippen molar-refractivity contribution in [2.75, 3.05) is 18.9 Å². The van der Waals surface area contributed by atoms with Crippen LogP contribution in [-0.4, -0.2) is 35.4 Å². The van der Waals surface area contributed by atoms with Crippen molar-refractivity contribution in [3.05, 3.63) is 24.0 Å². The van der Waals surface area contributed by atoms with Crippen molar-refractivity contribution >= 4 is 11.6 Å². The Bertz CT molecular complexity index is 436. The van der Waals surface area contributed by atoms with E-state index in [2.05, 4.69) is 17.2 Å². The molecule has 1 N–H and O–H groups in total.